The number of carbonyl (C=O) groups excluding carboxylic acids is 1. The predicted molar refractivity (Wildman–Crippen MR) is 88.9 cm³/mol. The second-order valence-corrected chi connectivity index (χ2v) is 8.10. The Morgan fingerprint density at radius 2 is 2.29 bits per heavy atom. The van der Waals surface area contributed by atoms with Crippen LogP contribution in [0.3, 0.4) is 0 Å². The third-order valence-electron chi connectivity index (χ3n) is 3.87. The molecule has 3 rings (SSSR count). The van der Waals surface area contributed by atoms with Gasteiger partial charge in [0.25, 0.3) is 0 Å². The van der Waals surface area contributed by atoms with Crippen LogP contribution in [0.5, 0.6) is 0 Å². The minimum atomic E-state index is -0.0493. The fourth-order valence-corrected chi connectivity index (χ4v) is 4.31. The molecule has 1 heterocycles. The highest BCUT2D eigenvalue weighted by molar-refractivity contribution is 7.99. The maximum Gasteiger partial charge on any atom is 0.315 e. The summed E-state index contributed by atoms with van der Waals surface area (Å²) in [5.41, 5.74) is 1.04. The van der Waals surface area contributed by atoms with Crippen LogP contribution in [0, 0.1) is 18.8 Å². The van der Waals surface area contributed by atoms with Crippen molar-refractivity contribution in [2.24, 2.45) is 11.8 Å². The molecule has 2 aliphatic carbocycles. The number of aryl methyl sites for hydroxylation is 1. The zero-order chi connectivity index (χ0) is 14.7. The van der Waals surface area contributed by atoms with Crippen molar-refractivity contribution in [1.82, 2.24) is 15.6 Å². The van der Waals surface area contributed by atoms with Crippen LogP contribution in [0.25, 0.3) is 0 Å². The van der Waals surface area contributed by atoms with Gasteiger partial charge in [-0.05, 0) is 50.2 Å². The first-order chi connectivity index (χ1) is 10.2. The lowest BCUT2D eigenvalue weighted by molar-refractivity contribution is 0.236. The Labute approximate surface area is 134 Å². The smallest absolute Gasteiger partial charge is 0.315 e. The molecule has 0 saturated heterocycles. The number of hydrogen-bond acceptors (Lipinski definition) is 4. The zero-order valence-corrected chi connectivity index (χ0v) is 14.1. The quantitative estimate of drug-likeness (QED) is 0.721. The minimum absolute atomic E-state index is 0.0493. The second-order valence-electron chi connectivity index (χ2n) is 6.06. The van der Waals surface area contributed by atoms with Crippen molar-refractivity contribution in [3.63, 3.8) is 0 Å². The summed E-state index contributed by atoms with van der Waals surface area (Å²) < 4.78 is 0. The van der Waals surface area contributed by atoms with Crippen LogP contribution in [0.15, 0.2) is 5.38 Å². The molecule has 0 aliphatic heterocycles. The molecule has 2 aliphatic rings. The van der Waals surface area contributed by atoms with E-state index in [4.69, 9.17) is 0 Å². The van der Waals surface area contributed by atoms with Gasteiger partial charge in [0.1, 0.15) is 5.01 Å². The largest absolute Gasteiger partial charge is 0.337 e. The Balaban J connectivity index is 1.39. The minimum Gasteiger partial charge on any atom is -0.337 e. The third-order valence-corrected chi connectivity index (χ3v) is 6.11. The molecule has 1 aromatic heterocycles. The van der Waals surface area contributed by atoms with Gasteiger partial charge in [-0.3, -0.25) is 0 Å². The van der Waals surface area contributed by atoms with E-state index in [0.29, 0.717) is 5.92 Å². The van der Waals surface area contributed by atoms with Gasteiger partial charge in [0.05, 0.1) is 6.04 Å². The summed E-state index contributed by atoms with van der Waals surface area (Å²) in [4.78, 5) is 16.6. The lowest BCUT2D eigenvalue weighted by Crippen LogP contribution is -2.39. The number of urea groups is 1. The fraction of sp³-hybridized carbons (Fsp3) is 0.733. The summed E-state index contributed by atoms with van der Waals surface area (Å²) in [6.45, 7) is 2.75. The molecule has 116 valence electrons. The standard InChI is InChI=1S/C15H23N3OS2/c1-10-8-21-14(17-10)13(12-4-5-12)18-15(19)16-6-7-20-9-11-2-3-11/h8,11-13H,2-7,9H2,1H3,(H2,16,18,19). The van der Waals surface area contributed by atoms with Crippen LogP contribution in [0.4, 0.5) is 4.79 Å². The predicted octanol–water partition coefficient (Wildman–Crippen LogP) is 3.35. The van der Waals surface area contributed by atoms with Crippen molar-refractivity contribution in [2.75, 3.05) is 18.1 Å². The Morgan fingerprint density at radius 3 is 2.90 bits per heavy atom. The topological polar surface area (TPSA) is 54.0 Å². The van der Waals surface area contributed by atoms with E-state index in [0.717, 1.165) is 28.9 Å². The third kappa shape index (κ3) is 4.88. The Bertz CT molecular complexity index is 483. The number of aromatic nitrogens is 1. The molecule has 2 fully saturated rings. The van der Waals surface area contributed by atoms with Crippen LogP contribution < -0.4 is 10.6 Å². The number of carbonyl (C=O) groups is 1. The SMILES string of the molecule is Cc1csc(C(NC(=O)NCCSCC2CC2)C2CC2)n1. The van der Waals surface area contributed by atoms with Gasteiger partial charge in [-0.2, -0.15) is 11.8 Å². The first-order valence-corrected chi connectivity index (χ1v) is 9.80. The molecule has 21 heavy (non-hydrogen) atoms. The van der Waals surface area contributed by atoms with E-state index in [1.165, 1.54) is 31.4 Å². The highest BCUT2D eigenvalue weighted by atomic mass is 32.2. The van der Waals surface area contributed by atoms with E-state index < -0.39 is 0 Å². The molecule has 2 amide bonds. The number of amides is 2. The van der Waals surface area contributed by atoms with Gasteiger partial charge < -0.3 is 10.6 Å². The molecule has 0 aromatic carbocycles. The summed E-state index contributed by atoms with van der Waals surface area (Å²) in [7, 11) is 0. The van der Waals surface area contributed by atoms with Crippen LogP contribution in [0.2, 0.25) is 0 Å². The number of thiazole rings is 1. The summed E-state index contributed by atoms with van der Waals surface area (Å²) in [6.07, 6.45) is 5.19. The van der Waals surface area contributed by atoms with E-state index in [1.807, 2.05) is 18.7 Å². The number of nitrogens with zero attached hydrogens (tertiary/aromatic N) is 1. The number of thioether (sulfide) groups is 1. The van der Waals surface area contributed by atoms with E-state index in [1.54, 1.807) is 11.3 Å². The molecular formula is C15H23N3OS2. The van der Waals surface area contributed by atoms with Crippen molar-refractivity contribution in [3.05, 3.63) is 16.1 Å². The van der Waals surface area contributed by atoms with Crippen LogP contribution in [0.1, 0.15) is 42.4 Å². The Hall–Kier alpha value is -0.750. The van der Waals surface area contributed by atoms with Crippen LogP contribution in [-0.2, 0) is 0 Å². The normalized spacial score (nSPS) is 19.3. The summed E-state index contributed by atoms with van der Waals surface area (Å²) >= 11 is 3.60. The van der Waals surface area contributed by atoms with Gasteiger partial charge in [-0.15, -0.1) is 11.3 Å². The molecule has 2 N–H and O–H groups in total. The van der Waals surface area contributed by atoms with Crippen molar-refractivity contribution in [2.45, 2.75) is 38.6 Å². The monoisotopic (exact) mass is 325 g/mol. The van der Waals surface area contributed by atoms with Crippen molar-refractivity contribution < 1.29 is 4.79 Å². The molecular weight excluding hydrogens is 302 g/mol. The van der Waals surface area contributed by atoms with E-state index in [-0.39, 0.29) is 12.1 Å². The average Bonchev–Trinajstić information content (AvgIpc) is 3.36. The maximum absolute atomic E-state index is 12.0. The lowest BCUT2D eigenvalue weighted by atomic mass is 10.2. The summed E-state index contributed by atoms with van der Waals surface area (Å²) in [5.74, 6) is 3.79. The summed E-state index contributed by atoms with van der Waals surface area (Å²) in [6, 6.07) is 0.0505. The molecule has 0 radical (unpaired) electrons. The average molecular weight is 326 g/mol. The molecule has 6 heteroatoms. The zero-order valence-electron chi connectivity index (χ0n) is 12.4. The highest BCUT2D eigenvalue weighted by Gasteiger charge is 2.35. The Kier molecular flexibility index (Phi) is 5.06. The molecule has 1 atom stereocenters. The lowest BCUT2D eigenvalue weighted by Gasteiger charge is -2.16. The number of rotatable bonds is 8. The molecule has 2 saturated carbocycles. The van der Waals surface area contributed by atoms with Gasteiger partial charge >= 0.3 is 6.03 Å². The van der Waals surface area contributed by atoms with Crippen molar-refractivity contribution in [1.29, 1.82) is 0 Å². The van der Waals surface area contributed by atoms with Gasteiger partial charge in [0.2, 0.25) is 0 Å². The van der Waals surface area contributed by atoms with E-state index in [2.05, 4.69) is 21.0 Å². The second kappa shape index (κ2) is 7.01. The molecule has 1 aromatic rings. The van der Waals surface area contributed by atoms with Gasteiger partial charge in [-0.1, -0.05) is 0 Å². The molecule has 4 nitrogen and oxygen atoms in total. The van der Waals surface area contributed by atoms with E-state index in [9.17, 15) is 4.79 Å². The maximum atomic E-state index is 12.0. The summed E-state index contributed by atoms with van der Waals surface area (Å²) in [5, 5.41) is 9.19. The van der Waals surface area contributed by atoms with Crippen molar-refractivity contribution >= 4 is 29.1 Å². The first-order valence-electron chi connectivity index (χ1n) is 7.76. The molecule has 0 bridgehead atoms. The van der Waals surface area contributed by atoms with E-state index >= 15 is 0 Å². The highest BCUT2D eigenvalue weighted by Crippen LogP contribution is 2.41. The number of nitrogens with one attached hydrogen (secondary N) is 2. The van der Waals surface area contributed by atoms with Crippen LogP contribution >= 0.6 is 23.1 Å². The van der Waals surface area contributed by atoms with Gasteiger partial charge in [0.15, 0.2) is 0 Å². The molecule has 1 unspecified atom stereocenters. The molecule has 0 spiro atoms. The van der Waals surface area contributed by atoms with Gasteiger partial charge in [0, 0.05) is 23.4 Å². The fourth-order valence-electron chi connectivity index (χ4n) is 2.29. The number of hydrogen-bond donors (Lipinski definition) is 2. The Morgan fingerprint density at radius 1 is 1.48 bits per heavy atom. The van der Waals surface area contributed by atoms with Crippen molar-refractivity contribution in [3.8, 4) is 0 Å². The van der Waals surface area contributed by atoms with Crippen LogP contribution in [-0.4, -0.2) is 29.1 Å². The van der Waals surface area contributed by atoms with Gasteiger partial charge in [-0.25, -0.2) is 9.78 Å². The first kappa shape index (κ1) is 15.2.